The highest BCUT2D eigenvalue weighted by molar-refractivity contribution is 5.69. The Labute approximate surface area is 115 Å². The van der Waals surface area contributed by atoms with Crippen LogP contribution in [0.1, 0.15) is 60.8 Å². The SMILES string of the molecule is CC(C)(C)OC(=O)N[C@@]12CC[C@@](C)([C@@H](O)C1)C2(C)C. The third kappa shape index (κ3) is 1.95. The van der Waals surface area contributed by atoms with Gasteiger partial charge in [0.25, 0.3) is 0 Å². The van der Waals surface area contributed by atoms with Crippen molar-refractivity contribution >= 4 is 6.09 Å². The van der Waals surface area contributed by atoms with E-state index in [9.17, 15) is 9.90 Å². The Morgan fingerprint density at radius 2 is 1.84 bits per heavy atom. The van der Waals surface area contributed by atoms with E-state index in [2.05, 4.69) is 26.1 Å². The minimum Gasteiger partial charge on any atom is -0.444 e. The Bertz CT molecular complexity index is 399. The van der Waals surface area contributed by atoms with E-state index in [4.69, 9.17) is 4.74 Å². The normalized spacial score (nSPS) is 40.3. The van der Waals surface area contributed by atoms with Crippen molar-refractivity contribution in [2.24, 2.45) is 10.8 Å². The zero-order valence-electron chi connectivity index (χ0n) is 13.0. The van der Waals surface area contributed by atoms with Crippen LogP contribution in [-0.4, -0.2) is 28.4 Å². The zero-order chi connectivity index (χ0) is 14.7. The first kappa shape index (κ1) is 14.6. The van der Waals surface area contributed by atoms with Crippen molar-refractivity contribution in [1.29, 1.82) is 0 Å². The van der Waals surface area contributed by atoms with Crippen molar-refractivity contribution in [3.8, 4) is 0 Å². The summed E-state index contributed by atoms with van der Waals surface area (Å²) < 4.78 is 5.37. The maximum Gasteiger partial charge on any atom is 0.408 e. The molecule has 0 aromatic heterocycles. The Balaban J connectivity index is 2.19. The van der Waals surface area contributed by atoms with Gasteiger partial charge in [-0.3, -0.25) is 0 Å². The maximum absolute atomic E-state index is 12.1. The van der Waals surface area contributed by atoms with Gasteiger partial charge in [0.1, 0.15) is 5.60 Å². The first-order valence-corrected chi connectivity index (χ1v) is 7.13. The number of carbonyl (C=O) groups is 1. The fraction of sp³-hybridized carbons (Fsp3) is 0.933. The topological polar surface area (TPSA) is 58.6 Å². The van der Waals surface area contributed by atoms with Crippen LogP contribution in [-0.2, 0) is 4.74 Å². The van der Waals surface area contributed by atoms with Crippen LogP contribution in [0.15, 0.2) is 0 Å². The van der Waals surface area contributed by atoms with Crippen LogP contribution in [0.25, 0.3) is 0 Å². The second-order valence-corrected chi connectivity index (χ2v) is 7.97. The first-order chi connectivity index (χ1) is 8.44. The first-order valence-electron chi connectivity index (χ1n) is 7.13. The molecule has 2 N–H and O–H groups in total. The van der Waals surface area contributed by atoms with Gasteiger partial charge < -0.3 is 15.2 Å². The lowest BCUT2D eigenvalue weighted by molar-refractivity contribution is 0.0113. The Morgan fingerprint density at radius 3 is 2.21 bits per heavy atom. The quantitative estimate of drug-likeness (QED) is 0.769. The number of hydrogen-bond acceptors (Lipinski definition) is 3. The van der Waals surface area contributed by atoms with E-state index in [-0.39, 0.29) is 28.6 Å². The lowest BCUT2D eigenvalue weighted by Gasteiger charge is -2.41. The number of nitrogens with one attached hydrogen (secondary N) is 1. The molecular weight excluding hydrogens is 242 g/mol. The molecule has 2 bridgehead atoms. The van der Waals surface area contributed by atoms with Crippen LogP contribution in [0.3, 0.4) is 0 Å². The van der Waals surface area contributed by atoms with E-state index in [1.54, 1.807) is 0 Å². The molecular formula is C15H27NO3. The highest BCUT2D eigenvalue weighted by Crippen LogP contribution is 2.67. The molecule has 2 aliphatic carbocycles. The molecule has 4 nitrogen and oxygen atoms in total. The molecule has 0 aromatic carbocycles. The molecule has 0 aliphatic heterocycles. The van der Waals surface area contributed by atoms with Crippen LogP contribution in [0.4, 0.5) is 4.79 Å². The Hall–Kier alpha value is -0.770. The smallest absolute Gasteiger partial charge is 0.408 e. The van der Waals surface area contributed by atoms with E-state index in [1.165, 1.54) is 0 Å². The van der Waals surface area contributed by atoms with Crippen molar-refractivity contribution < 1.29 is 14.6 Å². The molecule has 0 spiro atoms. The van der Waals surface area contributed by atoms with Crippen molar-refractivity contribution in [3.63, 3.8) is 0 Å². The molecule has 4 heteroatoms. The summed E-state index contributed by atoms with van der Waals surface area (Å²) in [6, 6.07) is 0. The third-order valence-corrected chi connectivity index (χ3v) is 5.71. The molecule has 19 heavy (non-hydrogen) atoms. The van der Waals surface area contributed by atoms with Gasteiger partial charge in [0.2, 0.25) is 0 Å². The highest BCUT2D eigenvalue weighted by atomic mass is 16.6. The van der Waals surface area contributed by atoms with Gasteiger partial charge >= 0.3 is 6.09 Å². The van der Waals surface area contributed by atoms with Crippen molar-refractivity contribution in [2.75, 3.05) is 0 Å². The fourth-order valence-corrected chi connectivity index (χ4v) is 3.91. The van der Waals surface area contributed by atoms with Crippen LogP contribution in [0.5, 0.6) is 0 Å². The summed E-state index contributed by atoms with van der Waals surface area (Å²) in [7, 11) is 0. The number of rotatable bonds is 1. The molecule has 0 heterocycles. The van der Waals surface area contributed by atoms with E-state index in [1.807, 2.05) is 20.8 Å². The lowest BCUT2D eigenvalue weighted by Crippen LogP contribution is -2.55. The second-order valence-electron chi connectivity index (χ2n) is 7.97. The lowest BCUT2D eigenvalue weighted by atomic mass is 9.68. The van der Waals surface area contributed by atoms with Gasteiger partial charge in [-0.15, -0.1) is 0 Å². The number of carbonyl (C=O) groups excluding carboxylic acids is 1. The number of ether oxygens (including phenoxy) is 1. The number of aliphatic hydroxyl groups excluding tert-OH is 1. The number of amides is 1. The minimum absolute atomic E-state index is 0.123. The number of hydrogen-bond donors (Lipinski definition) is 2. The molecule has 2 saturated carbocycles. The third-order valence-electron chi connectivity index (χ3n) is 5.71. The van der Waals surface area contributed by atoms with E-state index in [0.717, 1.165) is 12.8 Å². The standard InChI is InChI=1S/C15H27NO3/c1-12(2,3)19-11(18)16-15-8-7-14(6,10(17)9-15)13(15,4)5/h10,17H,7-9H2,1-6H3,(H,16,18)/t10-,14-,15-/m0/s1. The summed E-state index contributed by atoms with van der Waals surface area (Å²) in [5.41, 5.74) is -1.09. The van der Waals surface area contributed by atoms with E-state index >= 15 is 0 Å². The maximum atomic E-state index is 12.1. The molecule has 1 amide bonds. The van der Waals surface area contributed by atoms with Crippen molar-refractivity contribution in [3.05, 3.63) is 0 Å². The fourth-order valence-electron chi connectivity index (χ4n) is 3.91. The Kier molecular flexibility index (Phi) is 2.98. The monoisotopic (exact) mass is 269 g/mol. The van der Waals surface area contributed by atoms with Gasteiger partial charge in [0, 0.05) is 5.41 Å². The van der Waals surface area contributed by atoms with Crippen LogP contribution < -0.4 is 5.32 Å². The summed E-state index contributed by atoms with van der Waals surface area (Å²) >= 11 is 0. The largest absolute Gasteiger partial charge is 0.444 e. The summed E-state index contributed by atoms with van der Waals surface area (Å²) in [5.74, 6) is 0. The minimum atomic E-state index is -0.496. The van der Waals surface area contributed by atoms with Crippen LogP contribution in [0.2, 0.25) is 0 Å². The highest BCUT2D eigenvalue weighted by Gasteiger charge is 2.70. The predicted molar refractivity (Wildman–Crippen MR) is 73.8 cm³/mol. The van der Waals surface area contributed by atoms with Gasteiger partial charge in [-0.2, -0.15) is 0 Å². The molecule has 3 atom stereocenters. The van der Waals surface area contributed by atoms with Crippen LogP contribution in [0, 0.1) is 10.8 Å². The van der Waals surface area contributed by atoms with Gasteiger partial charge in [0.05, 0.1) is 11.6 Å². The molecule has 0 saturated heterocycles. The summed E-state index contributed by atoms with van der Waals surface area (Å²) in [6.45, 7) is 12.0. The molecule has 2 rings (SSSR count). The van der Waals surface area contributed by atoms with E-state index in [0.29, 0.717) is 6.42 Å². The molecule has 110 valence electrons. The zero-order valence-corrected chi connectivity index (χ0v) is 13.0. The summed E-state index contributed by atoms with van der Waals surface area (Å²) in [6.07, 6.45) is 1.74. The number of alkyl carbamates (subject to hydrolysis) is 1. The van der Waals surface area contributed by atoms with Crippen LogP contribution >= 0.6 is 0 Å². The predicted octanol–water partition coefficient (Wildman–Crippen LogP) is 2.84. The summed E-state index contributed by atoms with van der Waals surface area (Å²) in [5, 5.41) is 13.4. The second kappa shape index (κ2) is 3.87. The van der Waals surface area contributed by atoms with Gasteiger partial charge in [-0.05, 0) is 45.4 Å². The van der Waals surface area contributed by atoms with Gasteiger partial charge in [0.15, 0.2) is 0 Å². The molecule has 2 aliphatic rings. The number of fused-ring (bicyclic) bond motifs is 2. The molecule has 0 aromatic rings. The average Bonchev–Trinajstić information content (AvgIpc) is 2.44. The molecule has 0 unspecified atom stereocenters. The van der Waals surface area contributed by atoms with Crippen molar-refractivity contribution in [2.45, 2.75) is 78.0 Å². The van der Waals surface area contributed by atoms with Crippen molar-refractivity contribution in [1.82, 2.24) is 5.32 Å². The van der Waals surface area contributed by atoms with Gasteiger partial charge in [-0.1, -0.05) is 20.8 Å². The average molecular weight is 269 g/mol. The Morgan fingerprint density at radius 1 is 1.26 bits per heavy atom. The number of aliphatic hydroxyl groups is 1. The summed E-state index contributed by atoms with van der Waals surface area (Å²) in [4.78, 5) is 12.1. The van der Waals surface area contributed by atoms with E-state index < -0.39 is 5.60 Å². The van der Waals surface area contributed by atoms with Gasteiger partial charge in [-0.25, -0.2) is 4.79 Å². The molecule has 2 fully saturated rings. The molecule has 0 radical (unpaired) electrons.